The van der Waals surface area contributed by atoms with E-state index < -0.39 is 5.97 Å². The van der Waals surface area contributed by atoms with Crippen LogP contribution in [0.1, 0.15) is 30.1 Å². The van der Waals surface area contributed by atoms with E-state index in [9.17, 15) is 9.59 Å². The number of hydrogen-bond donors (Lipinski definition) is 1. The molecule has 1 N–H and O–H groups in total. The predicted octanol–water partition coefficient (Wildman–Crippen LogP) is 5.14. The third-order valence-corrected chi connectivity index (χ3v) is 4.88. The largest absolute Gasteiger partial charge is 0.462 e. The molecule has 0 aromatic heterocycles. The Labute approximate surface area is 160 Å². The van der Waals surface area contributed by atoms with Crippen LogP contribution in [-0.4, -0.2) is 24.2 Å². The molecule has 6 heteroatoms. The van der Waals surface area contributed by atoms with E-state index in [4.69, 9.17) is 4.74 Å². The Morgan fingerprint density at radius 1 is 1.12 bits per heavy atom. The van der Waals surface area contributed by atoms with Gasteiger partial charge in [0.05, 0.1) is 23.6 Å². The van der Waals surface area contributed by atoms with Crippen molar-refractivity contribution in [3.63, 3.8) is 0 Å². The van der Waals surface area contributed by atoms with Gasteiger partial charge in [-0.2, -0.15) is 0 Å². The molecule has 0 aliphatic heterocycles. The van der Waals surface area contributed by atoms with Crippen molar-refractivity contribution < 1.29 is 14.3 Å². The van der Waals surface area contributed by atoms with Gasteiger partial charge in [0.2, 0.25) is 5.91 Å². The van der Waals surface area contributed by atoms with Crippen LogP contribution in [0.5, 0.6) is 0 Å². The van der Waals surface area contributed by atoms with E-state index in [1.165, 1.54) is 11.8 Å². The summed E-state index contributed by atoms with van der Waals surface area (Å²) in [6.45, 7) is 2.42. The van der Waals surface area contributed by atoms with Crippen LogP contribution in [0, 0.1) is 0 Å². The molecular formula is C19H20BrNO3S. The summed E-state index contributed by atoms with van der Waals surface area (Å²) < 4.78 is 6.23. The lowest BCUT2D eigenvalue weighted by Crippen LogP contribution is -2.17. The SMILES string of the molecule is CCCCOC(=O)c1ccccc1NC(=O)CSc1ccc(Br)cc1. The number of ether oxygens (including phenoxy) is 1. The number of carbonyl (C=O) groups excluding carboxylic acids is 2. The van der Waals surface area contributed by atoms with E-state index in [1.807, 2.05) is 31.2 Å². The van der Waals surface area contributed by atoms with E-state index in [2.05, 4.69) is 21.2 Å². The second kappa shape index (κ2) is 10.3. The first-order valence-corrected chi connectivity index (χ1v) is 9.82. The standard InChI is InChI=1S/C19H20BrNO3S/c1-2-3-12-24-19(23)16-6-4-5-7-17(16)21-18(22)13-25-15-10-8-14(20)9-11-15/h4-11H,2-3,12-13H2,1H3,(H,21,22). The molecule has 2 aromatic carbocycles. The summed E-state index contributed by atoms with van der Waals surface area (Å²) in [6, 6.07) is 14.7. The Morgan fingerprint density at radius 3 is 2.56 bits per heavy atom. The number of carbonyl (C=O) groups is 2. The second-order valence-corrected chi connectivity index (χ2v) is 7.29. The highest BCUT2D eigenvalue weighted by molar-refractivity contribution is 9.10. The van der Waals surface area contributed by atoms with Gasteiger partial charge in [0.25, 0.3) is 0 Å². The Kier molecular flexibility index (Phi) is 8.01. The minimum Gasteiger partial charge on any atom is -0.462 e. The molecule has 0 radical (unpaired) electrons. The Bertz CT molecular complexity index is 719. The maximum atomic E-state index is 12.2. The van der Waals surface area contributed by atoms with Crippen molar-refractivity contribution >= 4 is 45.3 Å². The highest BCUT2D eigenvalue weighted by Crippen LogP contribution is 2.22. The molecule has 2 aromatic rings. The first-order valence-electron chi connectivity index (χ1n) is 8.04. The number of nitrogens with one attached hydrogen (secondary N) is 1. The molecule has 2 rings (SSSR count). The van der Waals surface area contributed by atoms with Gasteiger partial charge in [0, 0.05) is 9.37 Å². The van der Waals surface area contributed by atoms with Crippen LogP contribution in [0.2, 0.25) is 0 Å². The number of para-hydroxylation sites is 1. The van der Waals surface area contributed by atoms with Crippen LogP contribution in [0.15, 0.2) is 57.9 Å². The van der Waals surface area contributed by atoms with E-state index in [-0.39, 0.29) is 11.7 Å². The molecule has 0 aliphatic rings. The molecular weight excluding hydrogens is 402 g/mol. The molecule has 25 heavy (non-hydrogen) atoms. The summed E-state index contributed by atoms with van der Waals surface area (Å²) in [7, 11) is 0. The molecule has 132 valence electrons. The van der Waals surface area contributed by atoms with Crippen LogP contribution in [0.4, 0.5) is 5.69 Å². The number of rotatable bonds is 8. The molecule has 4 nitrogen and oxygen atoms in total. The Hall–Kier alpha value is -1.79. The van der Waals surface area contributed by atoms with Crippen LogP contribution in [-0.2, 0) is 9.53 Å². The lowest BCUT2D eigenvalue weighted by Gasteiger charge is -2.11. The summed E-state index contributed by atoms with van der Waals surface area (Å²) in [5.74, 6) is -0.312. The highest BCUT2D eigenvalue weighted by Gasteiger charge is 2.14. The van der Waals surface area contributed by atoms with Gasteiger partial charge in [-0.3, -0.25) is 4.79 Å². The van der Waals surface area contributed by atoms with E-state index in [1.54, 1.807) is 24.3 Å². The molecule has 0 unspecified atom stereocenters. The van der Waals surface area contributed by atoms with E-state index >= 15 is 0 Å². The van der Waals surface area contributed by atoms with Gasteiger partial charge < -0.3 is 10.1 Å². The monoisotopic (exact) mass is 421 g/mol. The minimum atomic E-state index is -0.412. The van der Waals surface area contributed by atoms with Crippen LogP contribution < -0.4 is 5.32 Å². The average Bonchev–Trinajstić information content (AvgIpc) is 2.62. The van der Waals surface area contributed by atoms with Gasteiger partial charge in [-0.05, 0) is 42.8 Å². The number of benzene rings is 2. The molecule has 0 saturated carbocycles. The molecule has 0 heterocycles. The Morgan fingerprint density at radius 2 is 1.84 bits per heavy atom. The fourth-order valence-corrected chi connectivity index (χ4v) is 2.99. The van der Waals surface area contributed by atoms with Crippen molar-refractivity contribution in [2.45, 2.75) is 24.7 Å². The van der Waals surface area contributed by atoms with Gasteiger partial charge in [-0.1, -0.05) is 41.4 Å². The molecule has 0 saturated heterocycles. The quantitative estimate of drug-likeness (QED) is 0.364. The number of esters is 1. The average molecular weight is 422 g/mol. The van der Waals surface area contributed by atoms with Crippen LogP contribution in [0.25, 0.3) is 0 Å². The zero-order valence-electron chi connectivity index (χ0n) is 14.0. The summed E-state index contributed by atoms with van der Waals surface area (Å²) in [4.78, 5) is 25.3. The van der Waals surface area contributed by atoms with Gasteiger partial charge in [-0.15, -0.1) is 11.8 Å². The first kappa shape index (κ1) is 19.5. The maximum absolute atomic E-state index is 12.2. The summed E-state index contributed by atoms with van der Waals surface area (Å²) in [5, 5.41) is 2.79. The summed E-state index contributed by atoms with van der Waals surface area (Å²) >= 11 is 4.82. The zero-order chi connectivity index (χ0) is 18.1. The van der Waals surface area contributed by atoms with Crippen molar-refractivity contribution in [1.29, 1.82) is 0 Å². The number of unbranched alkanes of at least 4 members (excludes halogenated alkanes) is 1. The zero-order valence-corrected chi connectivity index (χ0v) is 16.4. The van der Waals surface area contributed by atoms with Crippen molar-refractivity contribution in [3.8, 4) is 0 Å². The van der Waals surface area contributed by atoms with Crippen molar-refractivity contribution in [1.82, 2.24) is 0 Å². The van der Waals surface area contributed by atoms with Crippen LogP contribution in [0.3, 0.4) is 0 Å². The predicted molar refractivity (Wildman–Crippen MR) is 105 cm³/mol. The maximum Gasteiger partial charge on any atom is 0.340 e. The van der Waals surface area contributed by atoms with Gasteiger partial charge in [-0.25, -0.2) is 4.79 Å². The highest BCUT2D eigenvalue weighted by atomic mass is 79.9. The van der Waals surface area contributed by atoms with E-state index in [0.29, 0.717) is 17.9 Å². The van der Waals surface area contributed by atoms with Gasteiger partial charge >= 0.3 is 5.97 Å². The molecule has 0 atom stereocenters. The summed E-state index contributed by atoms with van der Waals surface area (Å²) in [6.07, 6.45) is 1.78. The van der Waals surface area contributed by atoms with Gasteiger partial charge in [0.1, 0.15) is 0 Å². The molecule has 1 amide bonds. The number of thioether (sulfide) groups is 1. The Balaban J connectivity index is 1.93. The number of halogens is 1. The van der Waals surface area contributed by atoms with Gasteiger partial charge in [0.15, 0.2) is 0 Å². The van der Waals surface area contributed by atoms with E-state index in [0.717, 1.165) is 22.2 Å². The lowest BCUT2D eigenvalue weighted by atomic mass is 10.2. The normalized spacial score (nSPS) is 10.3. The van der Waals surface area contributed by atoms with Crippen molar-refractivity contribution in [2.24, 2.45) is 0 Å². The number of hydrogen-bond acceptors (Lipinski definition) is 4. The second-order valence-electron chi connectivity index (χ2n) is 5.33. The third kappa shape index (κ3) is 6.55. The molecule has 0 bridgehead atoms. The number of anilines is 1. The van der Waals surface area contributed by atoms with Crippen molar-refractivity contribution in [3.05, 3.63) is 58.6 Å². The minimum absolute atomic E-state index is 0.165. The fraction of sp³-hybridized carbons (Fsp3) is 0.263. The first-order chi connectivity index (χ1) is 12.1. The third-order valence-electron chi connectivity index (χ3n) is 3.34. The molecule has 0 fully saturated rings. The topological polar surface area (TPSA) is 55.4 Å². The van der Waals surface area contributed by atoms with Crippen LogP contribution >= 0.6 is 27.7 Å². The smallest absolute Gasteiger partial charge is 0.340 e. The fourth-order valence-electron chi connectivity index (χ4n) is 2.02. The van der Waals surface area contributed by atoms with Crippen molar-refractivity contribution in [2.75, 3.05) is 17.7 Å². The molecule has 0 aliphatic carbocycles. The lowest BCUT2D eigenvalue weighted by molar-refractivity contribution is -0.113. The molecule has 0 spiro atoms. The number of amides is 1. The summed E-state index contributed by atoms with van der Waals surface area (Å²) in [5.41, 5.74) is 0.853.